The van der Waals surface area contributed by atoms with Gasteiger partial charge in [-0.25, -0.2) is 18.6 Å². The van der Waals surface area contributed by atoms with E-state index in [-0.39, 0.29) is 0 Å². The zero-order chi connectivity index (χ0) is 24.5. The minimum Gasteiger partial charge on any atom is -0.378 e. The summed E-state index contributed by atoms with van der Waals surface area (Å²) < 4.78 is 36.3. The minimum atomic E-state index is -4.94. The lowest BCUT2D eigenvalue weighted by molar-refractivity contribution is -2.00. The summed E-state index contributed by atoms with van der Waals surface area (Å²) in [5, 5.41) is 1.29. The van der Waals surface area contributed by atoms with E-state index in [1.165, 1.54) is 49.1 Å². The summed E-state index contributed by atoms with van der Waals surface area (Å²) in [4.78, 5) is 3.48. The summed E-state index contributed by atoms with van der Waals surface area (Å²) in [6.45, 7) is 0. The maximum absolute atomic E-state index is 8.49. The predicted molar refractivity (Wildman–Crippen MR) is 124 cm³/mol. The first kappa shape index (κ1) is 24.1. The van der Waals surface area contributed by atoms with Crippen LogP contribution >= 0.6 is 11.3 Å². The fourth-order valence-electron chi connectivity index (χ4n) is 4.01. The first-order valence-electron chi connectivity index (χ1n) is 10.4. The molecule has 6 nitrogen and oxygen atoms in total. The van der Waals surface area contributed by atoms with Crippen molar-refractivity contribution in [1.82, 2.24) is 0 Å². The molecule has 0 saturated heterocycles. The number of rotatable bonds is 3. The van der Waals surface area contributed by atoms with Crippen molar-refractivity contribution in [3.63, 3.8) is 0 Å². The third kappa shape index (κ3) is 5.20. The van der Waals surface area contributed by atoms with Gasteiger partial charge in [-0.2, -0.15) is 4.57 Å². The molecule has 0 radical (unpaired) electrons. The number of fused-ring (bicyclic) bond motifs is 3. The van der Waals surface area contributed by atoms with Crippen LogP contribution in [0.4, 0.5) is 5.69 Å². The van der Waals surface area contributed by atoms with Crippen LogP contribution in [0.1, 0.15) is 16.0 Å². The molecule has 0 atom stereocenters. The molecule has 4 aromatic rings. The number of halogens is 1. The normalized spacial score (nSPS) is 13.2. The Bertz CT molecular complexity index is 1320. The van der Waals surface area contributed by atoms with Gasteiger partial charge < -0.3 is 4.90 Å². The van der Waals surface area contributed by atoms with E-state index in [9.17, 15) is 0 Å². The van der Waals surface area contributed by atoms with Crippen LogP contribution in [-0.2, 0) is 7.05 Å². The molecule has 0 aliphatic heterocycles. The van der Waals surface area contributed by atoms with Gasteiger partial charge in [0.05, 0.1) is 11.1 Å². The second-order valence-corrected chi connectivity index (χ2v) is 9.73. The molecule has 0 N–H and O–H groups in total. The van der Waals surface area contributed by atoms with Gasteiger partial charge in [0, 0.05) is 25.4 Å². The van der Waals surface area contributed by atoms with Crippen molar-refractivity contribution in [2.45, 2.75) is 0 Å². The van der Waals surface area contributed by atoms with Gasteiger partial charge in [-0.3, -0.25) is 0 Å². The third-order valence-corrected chi connectivity index (χ3v) is 6.83. The third-order valence-electron chi connectivity index (χ3n) is 5.51. The molecule has 1 aliphatic rings. The summed E-state index contributed by atoms with van der Waals surface area (Å²) in [6, 6.07) is 28.2. The largest absolute Gasteiger partial charge is 0.378 e. The van der Waals surface area contributed by atoms with Crippen LogP contribution < -0.4 is 28.1 Å². The lowest BCUT2D eigenvalue weighted by Crippen LogP contribution is -2.68. The van der Waals surface area contributed by atoms with Crippen molar-refractivity contribution in [2.24, 2.45) is 7.05 Å². The zero-order valence-corrected chi connectivity index (χ0v) is 20.5. The lowest BCUT2D eigenvalue weighted by atomic mass is 10.0. The highest BCUT2D eigenvalue weighted by atomic mass is 35.7. The zero-order valence-electron chi connectivity index (χ0n) is 18.9. The minimum absolute atomic E-state index is 1.22. The Kier molecular flexibility index (Phi) is 6.86. The van der Waals surface area contributed by atoms with Gasteiger partial charge in [-0.1, -0.05) is 59.9 Å². The number of anilines is 1. The average Bonchev–Trinajstić information content (AvgIpc) is 3.29. The molecule has 1 aromatic heterocycles. The molecule has 0 unspecified atom stereocenters. The molecule has 3 aromatic carbocycles. The summed E-state index contributed by atoms with van der Waals surface area (Å²) in [7, 11) is 1.39. The van der Waals surface area contributed by atoms with Gasteiger partial charge in [0.2, 0.25) is 5.69 Å². The Morgan fingerprint density at radius 1 is 0.794 bits per heavy atom. The van der Waals surface area contributed by atoms with Crippen molar-refractivity contribution in [3.8, 4) is 21.8 Å². The van der Waals surface area contributed by atoms with Crippen LogP contribution in [0.5, 0.6) is 0 Å². The highest BCUT2D eigenvalue weighted by Gasteiger charge is 2.36. The van der Waals surface area contributed by atoms with Crippen molar-refractivity contribution in [2.75, 3.05) is 19.0 Å². The summed E-state index contributed by atoms with van der Waals surface area (Å²) in [5.41, 5.74) is 8.98. The highest BCUT2D eigenvalue weighted by molar-refractivity contribution is 7.16. The Balaban J connectivity index is 0.000000499. The highest BCUT2D eigenvalue weighted by Crippen LogP contribution is 2.48. The molecule has 174 valence electrons. The lowest BCUT2D eigenvalue weighted by Gasteiger charge is -2.17. The van der Waals surface area contributed by atoms with Gasteiger partial charge in [0.15, 0.2) is 0 Å². The number of hydrogen-bond acceptors (Lipinski definition) is 6. The second-order valence-electron chi connectivity index (χ2n) is 7.98. The molecule has 0 fully saturated rings. The molecule has 1 aliphatic carbocycles. The van der Waals surface area contributed by atoms with Crippen LogP contribution in [0.3, 0.4) is 0 Å². The Morgan fingerprint density at radius 3 is 1.94 bits per heavy atom. The summed E-state index contributed by atoms with van der Waals surface area (Å²) in [6.07, 6.45) is 2.33. The number of aromatic nitrogens is 1. The van der Waals surface area contributed by atoms with Gasteiger partial charge in [-0.05, 0) is 47.5 Å². The van der Waals surface area contributed by atoms with Crippen LogP contribution in [0, 0.1) is 10.2 Å². The Morgan fingerprint density at radius 2 is 1.35 bits per heavy atom. The van der Waals surface area contributed by atoms with E-state index in [1.54, 1.807) is 0 Å². The number of benzene rings is 3. The maximum Gasteiger partial charge on any atom is 0.269 e. The van der Waals surface area contributed by atoms with E-state index in [0.717, 1.165) is 0 Å². The molecule has 0 saturated carbocycles. The molecular weight excluding hydrogens is 472 g/mol. The van der Waals surface area contributed by atoms with E-state index in [2.05, 4.69) is 116 Å². The fourth-order valence-corrected chi connectivity index (χ4v) is 5.31. The SMILES string of the molecule is CN(C)c1ccc(/C=C2/c3ccccc3-c3c2sc(-c2ccccc2)[n+]3C)cc1.[O-][Cl+3]([O-])([O-])[O-]. The molecule has 5 rings (SSSR count). The number of nitrogens with zero attached hydrogens (tertiary/aromatic N) is 2. The van der Waals surface area contributed by atoms with Gasteiger partial charge in [-0.15, -0.1) is 10.2 Å². The first-order valence-corrected chi connectivity index (χ1v) is 12.5. The number of thiazole rings is 1. The van der Waals surface area contributed by atoms with E-state index >= 15 is 0 Å². The second kappa shape index (κ2) is 9.68. The Hall–Kier alpha value is -3.04. The number of hydrogen-bond donors (Lipinski definition) is 0. The van der Waals surface area contributed by atoms with Gasteiger partial charge in [0.25, 0.3) is 5.01 Å². The Labute approximate surface area is 204 Å². The fraction of sp³-hybridized carbons (Fsp3) is 0.115. The topological polar surface area (TPSA) is 99.4 Å². The molecule has 0 bridgehead atoms. The van der Waals surface area contributed by atoms with E-state index in [0.29, 0.717) is 0 Å². The van der Waals surface area contributed by atoms with E-state index < -0.39 is 10.2 Å². The molecular formula is C26H23ClN2O4S. The van der Waals surface area contributed by atoms with Crippen molar-refractivity contribution >= 4 is 28.7 Å². The maximum atomic E-state index is 8.49. The van der Waals surface area contributed by atoms with Crippen molar-refractivity contribution < 1.29 is 33.4 Å². The van der Waals surface area contributed by atoms with Gasteiger partial charge in [0.1, 0.15) is 11.9 Å². The first-order chi connectivity index (χ1) is 16.1. The standard InChI is InChI=1S/C26H23N2S.ClHO4/c1-27(2)20-15-13-18(14-16-20)17-23-21-11-7-8-12-22(21)24-25(23)29-26(28(24)3)19-9-5-4-6-10-19;2-1(3,4)5/h4-17H,1-3H3;(H,2,3,4,5)/q+1;/p-1/b23-17-;. The average molecular weight is 495 g/mol. The molecule has 8 heteroatoms. The predicted octanol–water partition coefficient (Wildman–Crippen LogP) is 1.12. The van der Waals surface area contributed by atoms with Crippen LogP contribution in [0.2, 0.25) is 0 Å². The van der Waals surface area contributed by atoms with Crippen molar-refractivity contribution in [3.05, 3.63) is 94.9 Å². The van der Waals surface area contributed by atoms with Crippen LogP contribution in [0.25, 0.3) is 33.5 Å². The molecule has 0 amide bonds. The summed E-state index contributed by atoms with van der Waals surface area (Å²) in [5.74, 6) is 0. The van der Waals surface area contributed by atoms with Crippen molar-refractivity contribution in [1.29, 1.82) is 0 Å². The van der Waals surface area contributed by atoms with Crippen LogP contribution in [-0.4, -0.2) is 14.1 Å². The quantitative estimate of drug-likeness (QED) is 0.350. The molecule has 0 spiro atoms. The van der Waals surface area contributed by atoms with E-state index in [4.69, 9.17) is 18.6 Å². The smallest absolute Gasteiger partial charge is 0.269 e. The molecule has 1 heterocycles. The van der Waals surface area contributed by atoms with E-state index in [1.807, 2.05) is 11.3 Å². The molecule has 34 heavy (non-hydrogen) atoms. The summed E-state index contributed by atoms with van der Waals surface area (Å²) >= 11 is 1.88. The van der Waals surface area contributed by atoms with Gasteiger partial charge >= 0.3 is 0 Å². The monoisotopic (exact) mass is 494 g/mol. The van der Waals surface area contributed by atoms with Crippen LogP contribution in [0.15, 0.2) is 78.9 Å².